The summed E-state index contributed by atoms with van der Waals surface area (Å²) in [6.07, 6.45) is -1.36. The SMILES string of the molecule is CC(C)C[C@H](N)C(=O)N(C(=O)Cc1cc(F)cc(F)c1)[C@@H]1C(=O)Nc2ccccc2O[C@@H]1c1ccccc1. The second-order valence-electron chi connectivity index (χ2n) is 9.67. The summed E-state index contributed by atoms with van der Waals surface area (Å²) in [4.78, 5) is 42.0. The summed E-state index contributed by atoms with van der Waals surface area (Å²) in [6.45, 7) is 3.75. The lowest BCUT2D eigenvalue weighted by molar-refractivity contribution is -0.154. The Hall–Kier alpha value is -4.11. The molecule has 1 heterocycles. The molecule has 0 unspecified atom stereocenters. The number of carbonyl (C=O) groups excluding carboxylic acids is 3. The van der Waals surface area contributed by atoms with Crippen molar-refractivity contribution < 1.29 is 27.9 Å². The Morgan fingerprint density at radius 1 is 1.00 bits per heavy atom. The molecule has 1 aliphatic heterocycles. The maximum Gasteiger partial charge on any atom is 0.252 e. The van der Waals surface area contributed by atoms with E-state index in [-0.39, 0.29) is 17.9 Å². The van der Waals surface area contributed by atoms with Gasteiger partial charge in [0.05, 0.1) is 18.2 Å². The van der Waals surface area contributed by atoms with Crippen LogP contribution in [0, 0.1) is 17.6 Å². The van der Waals surface area contributed by atoms with Gasteiger partial charge in [0.25, 0.3) is 5.91 Å². The predicted octanol–water partition coefficient (Wildman–Crippen LogP) is 4.38. The standard InChI is InChI=1S/C29H29F2N3O4/c1-17(2)12-22(32)29(37)34(25(35)15-18-13-20(30)16-21(31)14-18)26-27(19-8-4-3-5-9-19)38-24-11-7-6-10-23(24)33-28(26)36/h3-11,13-14,16-17,22,26-27H,12,15,32H2,1-2H3,(H,33,36)/t22-,26-,27+/m0/s1. The third-order valence-electron chi connectivity index (χ3n) is 6.19. The summed E-state index contributed by atoms with van der Waals surface area (Å²) in [5.41, 5.74) is 7.15. The predicted molar refractivity (Wildman–Crippen MR) is 138 cm³/mol. The molecular weight excluding hydrogens is 492 g/mol. The highest BCUT2D eigenvalue weighted by Gasteiger charge is 2.45. The van der Waals surface area contributed by atoms with E-state index in [1.54, 1.807) is 54.6 Å². The second-order valence-corrected chi connectivity index (χ2v) is 9.67. The Morgan fingerprint density at radius 2 is 1.63 bits per heavy atom. The molecule has 9 heteroatoms. The molecule has 3 aromatic rings. The number of hydrogen-bond acceptors (Lipinski definition) is 5. The van der Waals surface area contributed by atoms with Crippen LogP contribution in [-0.4, -0.2) is 34.7 Å². The fourth-order valence-electron chi connectivity index (χ4n) is 4.54. The summed E-state index contributed by atoms with van der Waals surface area (Å²) in [5.74, 6) is -3.63. The number of imide groups is 1. The average molecular weight is 522 g/mol. The van der Waals surface area contributed by atoms with Crippen molar-refractivity contribution in [2.45, 2.75) is 44.9 Å². The number of benzene rings is 3. The molecule has 3 aromatic carbocycles. The molecule has 198 valence electrons. The molecule has 0 aliphatic carbocycles. The Balaban J connectivity index is 1.82. The number of hydrogen-bond donors (Lipinski definition) is 2. The molecule has 0 bridgehead atoms. The fourth-order valence-corrected chi connectivity index (χ4v) is 4.54. The average Bonchev–Trinajstić information content (AvgIpc) is 3.00. The quantitative estimate of drug-likeness (QED) is 0.481. The van der Waals surface area contributed by atoms with E-state index < -0.39 is 54.0 Å². The molecule has 3 amide bonds. The van der Waals surface area contributed by atoms with Crippen LogP contribution >= 0.6 is 0 Å². The van der Waals surface area contributed by atoms with Gasteiger partial charge in [-0.25, -0.2) is 8.78 Å². The zero-order valence-corrected chi connectivity index (χ0v) is 21.1. The van der Waals surface area contributed by atoms with E-state index in [2.05, 4.69) is 5.32 Å². The Bertz CT molecular complexity index is 1310. The maximum atomic E-state index is 13.9. The van der Waals surface area contributed by atoms with Gasteiger partial charge in [0.15, 0.2) is 12.1 Å². The normalized spacial score (nSPS) is 17.6. The van der Waals surface area contributed by atoms with Gasteiger partial charge in [0, 0.05) is 6.07 Å². The molecule has 0 fully saturated rings. The van der Waals surface area contributed by atoms with E-state index >= 15 is 0 Å². The van der Waals surface area contributed by atoms with Crippen LogP contribution in [0.15, 0.2) is 72.8 Å². The molecule has 0 aromatic heterocycles. The first kappa shape index (κ1) is 26.9. The van der Waals surface area contributed by atoms with Crippen LogP contribution < -0.4 is 15.8 Å². The number of rotatable bonds is 7. The summed E-state index contributed by atoms with van der Waals surface area (Å²) in [7, 11) is 0. The zero-order valence-electron chi connectivity index (χ0n) is 21.1. The van der Waals surface area contributed by atoms with Gasteiger partial charge in [-0.05, 0) is 47.7 Å². The van der Waals surface area contributed by atoms with Crippen molar-refractivity contribution >= 4 is 23.4 Å². The molecule has 3 N–H and O–H groups in total. The number of nitrogens with two attached hydrogens (primary N) is 1. The van der Waals surface area contributed by atoms with E-state index in [1.807, 2.05) is 13.8 Å². The zero-order chi connectivity index (χ0) is 27.4. The Morgan fingerprint density at radius 3 is 2.29 bits per heavy atom. The molecule has 1 aliphatic rings. The minimum atomic E-state index is -1.46. The second kappa shape index (κ2) is 11.5. The lowest BCUT2D eigenvalue weighted by Gasteiger charge is -2.35. The van der Waals surface area contributed by atoms with Gasteiger partial charge in [-0.2, -0.15) is 0 Å². The van der Waals surface area contributed by atoms with E-state index in [0.29, 0.717) is 23.1 Å². The number of nitrogens with one attached hydrogen (secondary N) is 1. The number of ether oxygens (including phenoxy) is 1. The van der Waals surface area contributed by atoms with Crippen LogP contribution in [-0.2, 0) is 20.8 Å². The first-order valence-corrected chi connectivity index (χ1v) is 12.3. The summed E-state index contributed by atoms with van der Waals surface area (Å²) >= 11 is 0. The Kier molecular flexibility index (Phi) is 8.16. The van der Waals surface area contributed by atoms with Gasteiger partial charge in [-0.3, -0.25) is 19.3 Å². The van der Waals surface area contributed by atoms with Crippen LogP contribution in [0.2, 0.25) is 0 Å². The summed E-state index contributed by atoms with van der Waals surface area (Å²) in [5, 5.41) is 2.75. The molecule has 7 nitrogen and oxygen atoms in total. The van der Waals surface area contributed by atoms with Crippen molar-refractivity contribution in [3.8, 4) is 5.75 Å². The first-order chi connectivity index (χ1) is 18.1. The first-order valence-electron chi connectivity index (χ1n) is 12.3. The molecule has 0 saturated heterocycles. The highest BCUT2D eigenvalue weighted by atomic mass is 19.1. The lowest BCUT2D eigenvalue weighted by Crippen LogP contribution is -2.58. The number of carbonyl (C=O) groups is 3. The van der Waals surface area contributed by atoms with Crippen molar-refractivity contribution in [3.05, 3.63) is 95.6 Å². The maximum absolute atomic E-state index is 13.9. The van der Waals surface area contributed by atoms with E-state index in [9.17, 15) is 23.2 Å². The molecule has 0 spiro atoms. The van der Waals surface area contributed by atoms with Gasteiger partial charge in [-0.15, -0.1) is 0 Å². The van der Waals surface area contributed by atoms with Crippen molar-refractivity contribution in [1.29, 1.82) is 0 Å². The third-order valence-corrected chi connectivity index (χ3v) is 6.19. The Labute approximate surface area is 219 Å². The molecular formula is C29H29F2N3O4. The minimum Gasteiger partial charge on any atom is -0.481 e. The largest absolute Gasteiger partial charge is 0.481 e. The fraction of sp³-hybridized carbons (Fsp3) is 0.276. The van der Waals surface area contributed by atoms with Crippen molar-refractivity contribution in [2.75, 3.05) is 5.32 Å². The third kappa shape index (κ3) is 6.06. The molecule has 0 radical (unpaired) electrons. The van der Waals surface area contributed by atoms with Gasteiger partial charge in [0.1, 0.15) is 17.4 Å². The molecule has 38 heavy (non-hydrogen) atoms. The van der Waals surface area contributed by atoms with Gasteiger partial charge in [0.2, 0.25) is 11.8 Å². The van der Waals surface area contributed by atoms with E-state index in [4.69, 9.17) is 10.5 Å². The summed E-state index contributed by atoms with van der Waals surface area (Å²) in [6, 6.07) is 15.6. The number of halogens is 2. The highest BCUT2D eigenvalue weighted by Crippen LogP contribution is 2.37. The van der Waals surface area contributed by atoms with Crippen LogP contribution in [0.4, 0.5) is 14.5 Å². The number of nitrogens with zero attached hydrogens (tertiary/aromatic N) is 1. The number of amides is 3. The van der Waals surface area contributed by atoms with Crippen molar-refractivity contribution in [1.82, 2.24) is 4.90 Å². The summed E-state index contributed by atoms with van der Waals surface area (Å²) < 4.78 is 34.0. The van der Waals surface area contributed by atoms with Crippen molar-refractivity contribution in [2.24, 2.45) is 11.7 Å². The van der Waals surface area contributed by atoms with Crippen LogP contribution in [0.1, 0.15) is 37.5 Å². The van der Waals surface area contributed by atoms with Gasteiger partial charge >= 0.3 is 0 Å². The van der Waals surface area contributed by atoms with Crippen molar-refractivity contribution in [3.63, 3.8) is 0 Å². The lowest BCUT2D eigenvalue weighted by atomic mass is 9.96. The smallest absolute Gasteiger partial charge is 0.252 e. The number of fused-ring (bicyclic) bond motifs is 1. The number of para-hydroxylation sites is 2. The van der Waals surface area contributed by atoms with Crippen LogP contribution in [0.3, 0.4) is 0 Å². The number of anilines is 1. The molecule has 0 saturated carbocycles. The van der Waals surface area contributed by atoms with Crippen LogP contribution in [0.5, 0.6) is 5.75 Å². The van der Waals surface area contributed by atoms with Crippen LogP contribution in [0.25, 0.3) is 0 Å². The monoisotopic (exact) mass is 521 g/mol. The van der Waals surface area contributed by atoms with Gasteiger partial charge < -0.3 is 15.8 Å². The molecule has 4 rings (SSSR count). The molecule has 3 atom stereocenters. The minimum absolute atomic E-state index is 0.0113. The highest BCUT2D eigenvalue weighted by molar-refractivity contribution is 6.06. The van der Waals surface area contributed by atoms with E-state index in [0.717, 1.165) is 17.0 Å². The topological polar surface area (TPSA) is 102 Å². The van der Waals surface area contributed by atoms with Gasteiger partial charge in [-0.1, -0.05) is 56.3 Å². The van der Waals surface area contributed by atoms with E-state index in [1.165, 1.54) is 0 Å².